The molecule has 0 N–H and O–H groups in total. The fourth-order valence-corrected chi connectivity index (χ4v) is 10.6. The molecule has 2 aliphatic rings. The normalized spacial score (nSPS) is 20.0. The Morgan fingerprint density at radius 1 is 0.418 bits per heavy atom. The van der Waals surface area contributed by atoms with Crippen LogP contribution in [0.2, 0.25) is 0 Å². The Balaban J connectivity index is 1.47. The van der Waals surface area contributed by atoms with Gasteiger partial charge in [-0.1, -0.05) is 274 Å². The Morgan fingerprint density at radius 2 is 0.642 bits per heavy atom. The lowest BCUT2D eigenvalue weighted by Crippen LogP contribution is -2.57. The molecule has 2 rings (SSSR count). The van der Waals surface area contributed by atoms with Gasteiger partial charge in [-0.15, -0.1) is 0 Å². The van der Waals surface area contributed by atoms with Crippen molar-refractivity contribution in [2.75, 3.05) is 39.6 Å². The summed E-state index contributed by atoms with van der Waals surface area (Å²) in [6.45, 7) is 20.8. The number of rotatable bonds is 44. The van der Waals surface area contributed by atoms with Gasteiger partial charge in [-0.05, 0) is 36.3 Å². The summed E-state index contributed by atoms with van der Waals surface area (Å²) >= 11 is 11.4. The average molecular weight is 982 g/mol. The van der Waals surface area contributed by atoms with Gasteiger partial charge >= 0.3 is 0 Å². The number of ether oxygens (including phenoxy) is 6. The number of hydrogen-bond acceptors (Lipinski definition) is 8. The van der Waals surface area contributed by atoms with Crippen LogP contribution in [0.1, 0.15) is 287 Å². The van der Waals surface area contributed by atoms with Crippen molar-refractivity contribution >= 4 is 34.5 Å². The minimum atomic E-state index is -0.376. The molecule has 0 saturated carbocycles. The van der Waals surface area contributed by atoms with E-state index in [1.807, 2.05) is 0 Å². The van der Waals surface area contributed by atoms with Gasteiger partial charge in [0.2, 0.25) is 0 Å². The van der Waals surface area contributed by atoms with Crippen LogP contribution in [0.15, 0.2) is 0 Å². The summed E-state index contributed by atoms with van der Waals surface area (Å²) in [5.74, 6) is 1.08. The van der Waals surface area contributed by atoms with Crippen molar-refractivity contribution in [1.82, 2.24) is 0 Å². The molecular formula is C59H112O6S2. The van der Waals surface area contributed by atoms with Gasteiger partial charge in [-0.25, -0.2) is 0 Å². The van der Waals surface area contributed by atoms with Crippen LogP contribution in [-0.4, -0.2) is 62.3 Å². The molecule has 67 heavy (non-hydrogen) atoms. The third kappa shape index (κ3) is 31.6. The molecule has 396 valence electrons. The van der Waals surface area contributed by atoms with Gasteiger partial charge in [-0.2, -0.15) is 0 Å². The van der Waals surface area contributed by atoms with Crippen LogP contribution < -0.4 is 0 Å². The van der Waals surface area contributed by atoms with Gasteiger partial charge in [0.15, 0.2) is 22.7 Å². The Morgan fingerprint density at radius 3 is 0.881 bits per heavy atom. The van der Waals surface area contributed by atoms with E-state index in [1.54, 1.807) is 0 Å². The lowest BCUT2D eigenvalue weighted by atomic mass is 9.86. The predicted molar refractivity (Wildman–Crippen MR) is 294 cm³/mol. The van der Waals surface area contributed by atoms with Crippen molar-refractivity contribution in [3.63, 3.8) is 0 Å². The quantitative estimate of drug-likeness (QED) is 0.0442. The predicted octanol–water partition coefficient (Wildman–Crippen LogP) is 18.8. The van der Waals surface area contributed by atoms with E-state index in [1.165, 1.54) is 218 Å². The Kier molecular flexibility index (Phi) is 36.7. The summed E-state index contributed by atoms with van der Waals surface area (Å²) in [6, 6.07) is 0. The van der Waals surface area contributed by atoms with Crippen molar-refractivity contribution < 1.29 is 28.4 Å². The zero-order valence-corrected chi connectivity index (χ0v) is 47.4. The summed E-state index contributed by atoms with van der Waals surface area (Å²) in [4.78, 5) is 0. The first-order valence-corrected chi connectivity index (χ1v) is 29.9. The highest BCUT2D eigenvalue weighted by Gasteiger charge is 2.48. The second-order valence-electron chi connectivity index (χ2n) is 23.5. The van der Waals surface area contributed by atoms with Crippen molar-refractivity contribution in [3.8, 4) is 0 Å². The molecule has 2 fully saturated rings. The van der Waals surface area contributed by atoms with Crippen LogP contribution in [-0.2, 0) is 28.4 Å². The molecule has 2 saturated heterocycles. The molecule has 6 nitrogen and oxygen atoms in total. The fraction of sp³-hybridized carbons (Fsp3) is 0.966. The minimum absolute atomic E-state index is 0.324. The van der Waals surface area contributed by atoms with Gasteiger partial charge in [0.05, 0.1) is 45.1 Å². The topological polar surface area (TPSA) is 55.4 Å². The molecule has 0 aromatic rings. The molecule has 0 bridgehead atoms. The molecule has 0 aromatic heterocycles. The van der Waals surface area contributed by atoms with Crippen molar-refractivity contribution in [2.45, 2.75) is 299 Å². The second kappa shape index (κ2) is 39.2. The highest BCUT2D eigenvalue weighted by molar-refractivity contribution is 7.80. The maximum atomic E-state index is 6.36. The van der Waals surface area contributed by atoms with Crippen molar-refractivity contribution in [1.29, 1.82) is 0 Å². The van der Waals surface area contributed by atoms with E-state index < -0.39 is 0 Å². The SMILES string of the molecule is CCCCCCCCCCCCCCCCCCC(C)CC(=S)OCC(C)(C)C1OCC2(CO1)COC(C(C)(C)COC(=S)CC(C)CCCCCCCCCCCCCCCCCC)OC2. The van der Waals surface area contributed by atoms with Crippen LogP contribution in [0.25, 0.3) is 0 Å². The van der Waals surface area contributed by atoms with E-state index in [9.17, 15) is 0 Å². The standard InChI is InChI=1S/C59H112O6S2/c1-9-11-13-15-17-19-21-23-25-27-29-31-33-35-37-39-41-51(3)43-53(66)60-45-57(5,6)55-62-47-59(48-63-55)49-64-56(65-50-59)58(7,8)46-61-54(67)44-52(4)42-40-38-36-34-32-30-28-26-24-22-20-18-16-14-12-10-2/h51-52,55-56H,9-50H2,1-8H3. The second-order valence-corrected chi connectivity index (χ2v) is 24.4. The van der Waals surface area contributed by atoms with Crippen LogP contribution >= 0.6 is 24.4 Å². The Bertz CT molecular complexity index is 1080. The van der Waals surface area contributed by atoms with Crippen LogP contribution in [0.5, 0.6) is 0 Å². The smallest absolute Gasteiger partial charge is 0.165 e. The lowest BCUT2D eigenvalue weighted by molar-refractivity contribution is -0.336. The van der Waals surface area contributed by atoms with Gasteiger partial charge in [0.1, 0.15) is 0 Å². The van der Waals surface area contributed by atoms with Crippen LogP contribution in [0.4, 0.5) is 0 Å². The molecule has 8 heteroatoms. The molecule has 0 aliphatic carbocycles. The largest absolute Gasteiger partial charge is 0.486 e. The molecule has 2 heterocycles. The summed E-state index contributed by atoms with van der Waals surface area (Å²) in [7, 11) is 0. The maximum Gasteiger partial charge on any atom is 0.165 e. The highest BCUT2D eigenvalue weighted by Crippen LogP contribution is 2.39. The summed E-state index contributed by atoms with van der Waals surface area (Å²) in [6.07, 6.45) is 48.3. The first-order chi connectivity index (χ1) is 32.3. The molecule has 1 spiro atoms. The van der Waals surface area contributed by atoms with Crippen molar-refractivity contribution in [2.24, 2.45) is 28.1 Å². The number of unbranched alkanes of at least 4 members (excludes halogenated alkanes) is 30. The third-order valence-electron chi connectivity index (χ3n) is 14.8. The van der Waals surface area contributed by atoms with E-state index >= 15 is 0 Å². The first-order valence-electron chi connectivity index (χ1n) is 29.1. The zero-order valence-electron chi connectivity index (χ0n) is 45.8. The molecule has 0 aromatic carbocycles. The van der Waals surface area contributed by atoms with Crippen molar-refractivity contribution in [3.05, 3.63) is 0 Å². The summed E-state index contributed by atoms with van der Waals surface area (Å²) in [5, 5.41) is 1.41. The first kappa shape index (κ1) is 62.7. The molecule has 2 unspecified atom stereocenters. The Hall–Kier alpha value is -0.380. The van der Waals surface area contributed by atoms with E-state index in [0.717, 1.165) is 12.8 Å². The van der Waals surface area contributed by atoms with Gasteiger partial charge in [0, 0.05) is 23.7 Å². The van der Waals surface area contributed by atoms with Crippen LogP contribution in [0, 0.1) is 28.1 Å². The van der Waals surface area contributed by atoms with Gasteiger partial charge < -0.3 is 28.4 Å². The van der Waals surface area contributed by atoms with Gasteiger partial charge in [0.25, 0.3) is 0 Å². The van der Waals surface area contributed by atoms with Crippen LogP contribution in [0.3, 0.4) is 0 Å². The monoisotopic (exact) mass is 981 g/mol. The summed E-state index contributed by atoms with van der Waals surface area (Å²) < 4.78 is 37.8. The number of hydrogen-bond donors (Lipinski definition) is 0. The van der Waals surface area contributed by atoms with E-state index in [-0.39, 0.29) is 28.8 Å². The molecule has 2 atom stereocenters. The molecule has 2 aliphatic heterocycles. The van der Waals surface area contributed by atoms with E-state index in [0.29, 0.717) is 61.6 Å². The molecule has 0 radical (unpaired) electrons. The van der Waals surface area contributed by atoms with Gasteiger partial charge in [-0.3, -0.25) is 0 Å². The van der Waals surface area contributed by atoms with E-state index in [4.69, 9.17) is 52.9 Å². The maximum absolute atomic E-state index is 6.36. The molecule has 0 amide bonds. The average Bonchev–Trinajstić information content (AvgIpc) is 3.30. The lowest BCUT2D eigenvalue weighted by Gasteiger charge is -2.48. The third-order valence-corrected chi connectivity index (χ3v) is 15.4. The van der Waals surface area contributed by atoms with E-state index in [2.05, 4.69) is 55.4 Å². The molecular weight excluding hydrogens is 869 g/mol. The fourth-order valence-electron chi connectivity index (χ4n) is 9.90. The zero-order chi connectivity index (χ0) is 48.9. The number of thiocarbonyl (C=S) groups is 2. The Labute approximate surface area is 427 Å². The minimum Gasteiger partial charge on any atom is -0.486 e. The summed E-state index contributed by atoms with van der Waals surface area (Å²) in [5.41, 5.74) is -1.01. The highest BCUT2D eigenvalue weighted by atomic mass is 32.1.